The monoisotopic (exact) mass is 260 g/mol. The van der Waals surface area contributed by atoms with Gasteiger partial charge in [0.1, 0.15) is 0 Å². The summed E-state index contributed by atoms with van der Waals surface area (Å²) in [5.74, 6) is 1.12. The quantitative estimate of drug-likeness (QED) is 0.730. The smallest absolute Gasteiger partial charge is 0.199 e. The number of benzene rings is 1. The molecule has 0 aliphatic rings. The van der Waals surface area contributed by atoms with Crippen LogP contribution in [0, 0.1) is 0 Å². The summed E-state index contributed by atoms with van der Waals surface area (Å²) in [6, 6.07) is 7.79. The van der Waals surface area contributed by atoms with E-state index in [0.717, 1.165) is 11.3 Å². The molecule has 2 heterocycles. The van der Waals surface area contributed by atoms with Crippen LogP contribution in [0.4, 0.5) is 11.5 Å². The molecular weight excluding hydrogens is 252 g/mol. The molecule has 0 fully saturated rings. The van der Waals surface area contributed by atoms with E-state index < -0.39 is 0 Å². The van der Waals surface area contributed by atoms with Crippen molar-refractivity contribution in [2.75, 3.05) is 5.32 Å². The molecule has 0 radical (unpaired) electrons. The standard InChI is InChI=1S/C11H9ClN6/c12-5-8-3-1-2-4-9(8)14-10-6-13-7-11-15-16-17-18(10)11/h1-4,6-7,14H,5H2. The summed E-state index contributed by atoms with van der Waals surface area (Å²) >= 11 is 5.89. The zero-order valence-corrected chi connectivity index (χ0v) is 10.0. The van der Waals surface area contributed by atoms with Gasteiger partial charge in [-0.05, 0) is 22.1 Å². The molecule has 0 saturated heterocycles. The molecule has 1 aromatic carbocycles. The summed E-state index contributed by atoms with van der Waals surface area (Å²) in [6.45, 7) is 0. The van der Waals surface area contributed by atoms with Crippen LogP contribution in [0.3, 0.4) is 0 Å². The number of halogens is 1. The largest absolute Gasteiger partial charge is 0.339 e. The third-order valence-electron chi connectivity index (χ3n) is 2.53. The number of nitrogens with one attached hydrogen (secondary N) is 1. The fourth-order valence-electron chi connectivity index (χ4n) is 1.66. The van der Waals surface area contributed by atoms with Gasteiger partial charge >= 0.3 is 0 Å². The fraction of sp³-hybridized carbons (Fsp3) is 0.0909. The molecule has 1 N–H and O–H groups in total. The van der Waals surface area contributed by atoms with Gasteiger partial charge in [0.05, 0.1) is 12.4 Å². The molecule has 90 valence electrons. The van der Waals surface area contributed by atoms with E-state index in [0.29, 0.717) is 17.3 Å². The van der Waals surface area contributed by atoms with E-state index in [1.165, 1.54) is 0 Å². The first kappa shape index (κ1) is 10.9. The van der Waals surface area contributed by atoms with Crippen LogP contribution < -0.4 is 5.32 Å². The van der Waals surface area contributed by atoms with Crippen LogP contribution >= 0.6 is 11.6 Å². The van der Waals surface area contributed by atoms with Gasteiger partial charge in [-0.25, -0.2) is 0 Å². The van der Waals surface area contributed by atoms with Crippen molar-refractivity contribution in [3.05, 3.63) is 42.2 Å². The maximum absolute atomic E-state index is 5.89. The molecule has 0 saturated carbocycles. The van der Waals surface area contributed by atoms with E-state index in [4.69, 9.17) is 11.6 Å². The van der Waals surface area contributed by atoms with Crippen molar-refractivity contribution >= 4 is 28.8 Å². The van der Waals surface area contributed by atoms with Crippen LogP contribution in [0.1, 0.15) is 5.56 Å². The van der Waals surface area contributed by atoms with Gasteiger partial charge in [-0.3, -0.25) is 4.98 Å². The summed E-state index contributed by atoms with van der Waals surface area (Å²) in [5, 5.41) is 14.6. The second-order valence-corrected chi connectivity index (χ2v) is 3.92. The molecule has 0 bridgehead atoms. The van der Waals surface area contributed by atoms with Crippen LogP contribution in [0.15, 0.2) is 36.7 Å². The molecule has 0 unspecified atom stereocenters. The highest BCUT2D eigenvalue weighted by Gasteiger charge is 2.06. The highest BCUT2D eigenvalue weighted by molar-refractivity contribution is 6.17. The highest BCUT2D eigenvalue weighted by Crippen LogP contribution is 2.21. The molecule has 18 heavy (non-hydrogen) atoms. The molecular formula is C11H9ClN6. The third kappa shape index (κ3) is 1.86. The van der Waals surface area contributed by atoms with E-state index in [2.05, 4.69) is 25.8 Å². The zero-order valence-electron chi connectivity index (χ0n) is 9.29. The molecule has 0 aliphatic carbocycles. The average molecular weight is 261 g/mol. The predicted octanol–water partition coefficient (Wildman–Crippen LogP) is 2.00. The Morgan fingerprint density at radius 2 is 2.11 bits per heavy atom. The Morgan fingerprint density at radius 3 is 3.00 bits per heavy atom. The number of nitrogens with zero attached hydrogens (tertiary/aromatic N) is 5. The molecule has 0 aliphatic heterocycles. The van der Waals surface area contributed by atoms with Gasteiger partial charge in [-0.2, -0.15) is 4.52 Å². The maximum atomic E-state index is 5.89. The zero-order chi connectivity index (χ0) is 12.4. The Kier molecular flexibility index (Phi) is 2.77. The Labute approximate surface area is 108 Å². The number of rotatable bonds is 3. The Balaban J connectivity index is 2.04. The van der Waals surface area contributed by atoms with E-state index in [-0.39, 0.29) is 0 Å². The van der Waals surface area contributed by atoms with Crippen LogP contribution in [0.5, 0.6) is 0 Å². The molecule has 0 amide bonds. The fourth-order valence-corrected chi connectivity index (χ4v) is 1.89. The number of alkyl halides is 1. The molecule has 3 aromatic rings. The highest BCUT2D eigenvalue weighted by atomic mass is 35.5. The second kappa shape index (κ2) is 4.58. The first-order valence-electron chi connectivity index (χ1n) is 5.31. The number of hydrogen-bond acceptors (Lipinski definition) is 5. The molecule has 7 heteroatoms. The lowest BCUT2D eigenvalue weighted by molar-refractivity contribution is 0.826. The molecule has 2 aromatic heterocycles. The second-order valence-electron chi connectivity index (χ2n) is 3.66. The summed E-state index contributed by atoms with van der Waals surface area (Å²) in [5.41, 5.74) is 2.50. The van der Waals surface area contributed by atoms with Crippen LogP contribution in [-0.4, -0.2) is 25.0 Å². The van der Waals surface area contributed by atoms with Crippen molar-refractivity contribution < 1.29 is 0 Å². The number of tetrazole rings is 1. The summed E-state index contributed by atoms with van der Waals surface area (Å²) in [7, 11) is 0. The van der Waals surface area contributed by atoms with Crippen LogP contribution in [0.25, 0.3) is 5.65 Å². The third-order valence-corrected chi connectivity index (χ3v) is 2.82. The topological polar surface area (TPSA) is 68.0 Å². The first-order chi connectivity index (χ1) is 8.88. The van der Waals surface area contributed by atoms with Crippen molar-refractivity contribution in [2.24, 2.45) is 0 Å². The predicted molar refractivity (Wildman–Crippen MR) is 67.9 cm³/mol. The van der Waals surface area contributed by atoms with Gasteiger partial charge in [0, 0.05) is 11.6 Å². The lowest BCUT2D eigenvalue weighted by Crippen LogP contribution is -2.02. The number of fused-ring (bicyclic) bond motifs is 1. The number of para-hydroxylation sites is 1. The Bertz CT molecular complexity index is 680. The van der Waals surface area contributed by atoms with Gasteiger partial charge < -0.3 is 5.32 Å². The minimum Gasteiger partial charge on any atom is -0.339 e. The normalized spacial score (nSPS) is 10.7. The summed E-state index contributed by atoms with van der Waals surface area (Å²) in [6.07, 6.45) is 3.26. The summed E-state index contributed by atoms with van der Waals surface area (Å²) < 4.78 is 1.58. The maximum Gasteiger partial charge on any atom is 0.199 e. The number of anilines is 2. The Hall–Kier alpha value is -2.21. The van der Waals surface area contributed by atoms with E-state index in [9.17, 15) is 0 Å². The SMILES string of the molecule is ClCc1ccccc1Nc1cncc2nnnn12. The molecule has 0 spiro atoms. The number of aromatic nitrogens is 5. The van der Waals surface area contributed by atoms with E-state index in [1.54, 1.807) is 16.9 Å². The van der Waals surface area contributed by atoms with Crippen molar-refractivity contribution in [3.63, 3.8) is 0 Å². The number of hydrogen-bond donors (Lipinski definition) is 1. The minimum absolute atomic E-state index is 0.433. The van der Waals surface area contributed by atoms with Gasteiger partial charge in [0.2, 0.25) is 0 Å². The van der Waals surface area contributed by atoms with Crippen LogP contribution in [-0.2, 0) is 5.88 Å². The van der Waals surface area contributed by atoms with Gasteiger partial charge in [-0.1, -0.05) is 18.2 Å². The van der Waals surface area contributed by atoms with Gasteiger partial charge in [0.15, 0.2) is 11.5 Å². The Morgan fingerprint density at radius 1 is 1.22 bits per heavy atom. The molecule has 6 nitrogen and oxygen atoms in total. The van der Waals surface area contributed by atoms with Crippen molar-refractivity contribution in [1.82, 2.24) is 25.0 Å². The lowest BCUT2D eigenvalue weighted by Gasteiger charge is -2.10. The molecule has 3 rings (SSSR count). The van der Waals surface area contributed by atoms with Crippen molar-refractivity contribution in [2.45, 2.75) is 5.88 Å². The lowest BCUT2D eigenvalue weighted by atomic mass is 10.2. The summed E-state index contributed by atoms with van der Waals surface area (Å²) in [4.78, 5) is 4.08. The van der Waals surface area contributed by atoms with Gasteiger partial charge in [-0.15, -0.1) is 16.7 Å². The first-order valence-corrected chi connectivity index (χ1v) is 5.85. The molecule has 0 atom stereocenters. The van der Waals surface area contributed by atoms with Crippen molar-refractivity contribution in [1.29, 1.82) is 0 Å². The van der Waals surface area contributed by atoms with E-state index in [1.807, 2.05) is 24.3 Å². The van der Waals surface area contributed by atoms with Gasteiger partial charge in [0.25, 0.3) is 0 Å². The minimum atomic E-state index is 0.433. The average Bonchev–Trinajstić information content (AvgIpc) is 2.89. The van der Waals surface area contributed by atoms with Crippen LogP contribution in [0.2, 0.25) is 0 Å². The van der Waals surface area contributed by atoms with E-state index >= 15 is 0 Å². The van der Waals surface area contributed by atoms with Crippen molar-refractivity contribution in [3.8, 4) is 0 Å².